The Labute approximate surface area is 138 Å². The topological polar surface area (TPSA) is 44.8 Å². The van der Waals surface area contributed by atoms with E-state index in [0.29, 0.717) is 27.1 Å². The maximum atomic E-state index is 12.3. The average Bonchev–Trinajstić information content (AvgIpc) is 2.53. The van der Waals surface area contributed by atoms with Gasteiger partial charge in [0, 0.05) is 15.6 Å². The van der Waals surface area contributed by atoms with Gasteiger partial charge in [-0.1, -0.05) is 35.3 Å². The fourth-order valence-electron chi connectivity index (χ4n) is 1.93. The smallest absolute Gasteiger partial charge is 0.346 e. The zero-order valence-corrected chi connectivity index (χ0v) is 13.6. The van der Waals surface area contributed by atoms with Crippen molar-refractivity contribution in [2.24, 2.45) is 0 Å². The molecule has 0 radical (unpaired) electrons. The normalized spacial score (nSPS) is 10.2. The molecule has 116 valence electrons. The van der Waals surface area contributed by atoms with Gasteiger partial charge in [0.1, 0.15) is 23.7 Å². The number of ether oxygens (including phenoxy) is 3. The molecule has 0 unspecified atom stereocenters. The van der Waals surface area contributed by atoms with Crippen LogP contribution < -0.4 is 9.47 Å². The lowest BCUT2D eigenvalue weighted by molar-refractivity contribution is 0.0465. The van der Waals surface area contributed by atoms with E-state index in [4.69, 9.17) is 37.4 Å². The van der Waals surface area contributed by atoms with Crippen molar-refractivity contribution in [3.05, 3.63) is 57.6 Å². The van der Waals surface area contributed by atoms with Gasteiger partial charge in [0.15, 0.2) is 0 Å². The molecule has 0 heterocycles. The summed E-state index contributed by atoms with van der Waals surface area (Å²) < 4.78 is 15.6. The number of benzene rings is 2. The van der Waals surface area contributed by atoms with Gasteiger partial charge >= 0.3 is 5.97 Å². The molecule has 0 fully saturated rings. The van der Waals surface area contributed by atoms with Gasteiger partial charge in [-0.15, -0.1) is 0 Å². The maximum absolute atomic E-state index is 12.3. The van der Waals surface area contributed by atoms with Gasteiger partial charge in [0.25, 0.3) is 0 Å². The maximum Gasteiger partial charge on any atom is 0.346 e. The molecule has 0 atom stereocenters. The second-order valence-corrected chi connectivity index (χ2v) is 5.13. The van der Waals surface area contributed by atoms with Gasteiger partial charge in [0.2, 0.25) is 0 Å². The molecule has 0 aromatic heterocycles. The molecule has 0 amide bonds. The van der Waals surface area contributed by atoms with Crippen molar-refractivity contribution in [3.63, 3.8) is 0 Å². The Balaban J connectivity index is 2.23. The molecule has 0 aliphatic heterocycles. The Bertz CT molecular complexity index is 643. The largest absolute Gasteiger partial charge is 0.496 e. The first kappa shape index (κ1) is 16.5. The molecule has 6 heteroatoms. The molecule has 2 aromatic carbocycles. The summed E-state index contributed by atoms with van der Waals surface area (Å²) in [7, 11) is 2.94. The number of carbonyl (C=O) groups is 1. The molecular formula is C16H14Cl2O4. The number of hydrogen-bond donors (Lipinski definition) is 0. The van der Waals surface area contributed by atoms with Crippen LogP contribution in [0, 0.1) is 0 Å². The number of rotatable bonds is 5. The minimum atomic E-state index is -0.578. The first-order chi connectivity index (χ1) is 10.6. The first-order valence-electron chi connectivity index (χ1n) is 6.39. The van der Waals surface area contributed by atoms with Crippen LogP contribution >= 0.6 is 23.2 Å². The van der Waals surface area contributed by atoms with E-state index in [0.717, 1.165) is 0 Å². The van der Waals surface area contributed by atoms with Crippen molar-refractivity contribution in [2.75, 3.05) is 14.2 Å². The van der Waals surface area contributed by atoms with Crippen LogP contribution in [0.1, 0.15) is 15.9 Å². The van der Waals surface area contributed by atoms with Gasteiger partial charge in [-0.3, -0.25) is 0 Å². The van der Waals surface area contributed by atoms with E-state index in [1.807, 2.05) is 0 Å². The Hall–Kier alpha value is -1.91. The van der Waals surface area contributed by atoms with E-state index >= 15 is 0 Å². The number of carbonyl (C=O) groups excluding carboxylic acids is 1. The van der Waals surface area contributed by atoms with E-state index in [9.17, 15) is 4.79 Å². The quantitative estimate of drug-likeness (QED) is 0.758. The van der Waals surface area contributed by atoms with Crippen molar-refractivity contribution in [2.45, 2.75) is 6.61 Å². The van der Waals surface area contributed by atoms with E-state index in [1.54, 1.807) is 36.4 Å². The third-order valence-electron chi connectivity index (χ3n) is 3.04. The molecule has 22 heavy (non-hydrogen) atoms. The summed E-state index contributed by atoms with van der Waals surface area (Å²) >= 11 is 12.1. The van der Waals surface area contributed by atoms with E-state index in [1.165, 1.54) is 14.2 Å². The lowest BCUT2D eigenvalue weighted by Crippen LogP contribution is -2.09. The molecule has 2 aromatic rings. The van der Waals surface area contributed by atoms with Crippen molar-refractivity contribution in [1.82, 2.24) is 0 Å². The van der Waals surface area contributed by atoms with Crippen LogP contribution in [0.3, 0.4) is 0 Å². The third-order valence-corrected chi connectivity index (χ3v) is 3.75. The second kappa shape index (κ2) is 7.38. The Morgan fingerprint density at radius 3 is 1.95 bits per heavy atom. The Kier molecular flexibility index (Phi) is 5.52. The molecule has 0 saturated carbocycles. The van der Waals surface area contributed by atoms with Crippen LogP contribution in [0.15, 0.2) is 36.4 Å². The molecule has 0 N–H and O–H groups in total. The average molecular weight is 341 g/mol. The molecule has 0 bridgehead atoms. The van der Waals surface area contributed by atoms with Crippen LogP contribution in [0.2, 0.25) is 10.0 Å². The summed E-state index contributed by atoms with van der Waals surface area (Å²) in [5, 5.41) is 0.875. The lowest BCUT2D eigenvalue weighted by atomic mass is 10.1. The molecule has 0 spiro atoms. The predicted octanol–water partition coefficient (Wildman–Crippen LogP) is 4.37. The standard InChI is InChI=1S/C16H14Cl2O4/c1-20-13-7-4-8-14(21-2)15(13)16(19)22-9-10-11(17)5-3-6-12(10)18/h3-8H,9H2,1-2H3. The zero-order valence-electron chi connectivity index (χ0n) is 12.1. The lowest BCUT2D eigenvalue weighted by Gasteiger charge is -2.13. The van der Waals surface area contributed by atoms with Gasteiger partial charge in [0.05, 0.1) is 14.2 Å². The highest BCUT2D eigenvalue weighted by atomic mass is 35.5. The van der Waals surface area contributed by atoms with Crippen LogP contribution in [-0.2, 0) is 11.3 Å². The van der Waals surface area contributed by atoms with E-state index < -0.39 is 5.97 Å². The Morgan fingerprint density at radius 2 is 1.45 bits per heavy atom. The summed E-state index contributed by atoms with van der Waals surface area (Å²) in [6, 6.07) is 10.1. The highest BCUT2D eigenvalue weighted by Crippen LogP contribution is 2.30. The van der Waals surface area contributed by atoms with Gasteiger partial charge < -0.3 is 14.2 Å². The number of esters is 1. The minimum absolute atomic E-state index is 0.0431. The summed E-state index contributed by atoms with van der Waals surface area (Å²) in [6.45, 7) is -0.0431. The van der Waals surface area contributed by atoms with E-state index in [2.05, 4.69) is 0 Å². The second-order valence-electron chi connectivity index (χ2n) is 4.31. The number of methoxy groups -OCH3 is 2. The molecule has 4 nitrogen and oxygen atoms in total. The summed E-state index contributed by atoms with van der Waals surface area (Å²) in [6.07, 6.45) is 0. The molecule has 2 rings (SSSR count). The number of halogens is 2. The summed E-state index contributed by atoms with van der Waals surface area (Å²) in [5.41, 5.74) is 0.767. The van der Waals surface area contributed by atoms with Crippen molar-refractivity contribution in [3.8, 4) is 11.5 Å². The molecular weight excluding hydrogens is 327 g/mol. The van der Waals surface area contributed by atoms with Crippen LogP contribution in [0.25, 0.3) is 0 Å². The summed E-state index contributed by atoms with van der Waals surface area (Å²) in [5.74, 6) is 0.162. The predicted molar refractivity (Wildman–Crippen MR) is 85.1 cm³/mol. The van der Waals surface area contributed by atoms with Gasteiger partial charge in [-0.05, 0) is 24.3 Å². The fourth-order valence-corrected chi connectivity index (χ4v) is 2.44. The van der Waals surface area contributed by atoms with Gasteiger partial charge in [-0.25, -0.2) is 4.79 Å². The molecule has 0 aliphatic carbocycles. The minimum Gasteiger partial charge on any atom is -0.496 e. The Morgan fingerprint density at radius 1 is 0.955 bits per heavy atom. The molecule has 0 saturated heterocycles. The zero-order chi connectivity index (χ0) is 16.1. The van der Waals surface area contributed by atoms with Crippen LogP contribution in [-0.4, -0.2) is 20.2 Å². The summed E-state index contributed by atoms with van der Waals surface area (Å²) in [4.78, 5) is 12.3. The van der Waals surface area contributed by atoms with E-state index in [-0.39, 0.29) is 12.2 Å². The first-order valence-corrected chi connectivity index (χ1v) is 7.15. The third kappa shape index (κ3) is 3.46. The fraction of sp³-hybridized carbons (Fsp3) is 0.188. The highest BCUT2D eigenvalue weighted by Gasteiger charge is 2.20. The molecule has 0 aliphatic rings. The van der Waals surface area contributed by atoms with Crippen LogP contribution in [0.4, 0.5) is 0 Å². The number of hydrogen-bond acceptors (Lipinski definition) is 4. The van der Waals surface area contributed by atoms with Crippen molar-refractivity contribution in [1.29, 1.82) is 0 Å². The van der Waals surface area contributed by atoms with Crippen LogP contribution in [0.5, 0.6) is 11.5 Å². The monoisotopic (exact) mass is 340 g/mol. The highest BCUT2D eigenvalue weighted by molar-refractivity contribution is 6.35. The van der Waals surface area contributed by atoms with Gasteiger partial charge in [-0.2, -0.15) is 0 Å². The SMILES string of the molecule is COc1cccc(OC)c1C(=O)OCc1c(Cl)cccc1Cl. The van der Waals surface area contributed by atoms with Crippen molar-refractivity contribution < 1.29 is 19.0 Å². The van der Waals surface area contributed by atoms with Crippen molar-refractivity contribution >= 4 is 29.2 Å².